The number of hydrogen-bond acceptors (Lipinski definition) is 2. The molecule has 1 aromatic carbocycles. The van der Waals surface area contributed by atoms with E-state index in [1.54, 1.807) is 6.26 Å². The van der Waals surface area contributed by atoms with Gasteiger partial charge in [-0.05, 0) is 17.6 Å². The fourth-order valence-corrected chi connectivity index (χ4v) is 1.32. The summed E-state index contributed by atoms with van der Waals surface area (Å²) in [6.07, 6.45) is 4.37. The van der Waals surface area contributed by atoms with Crippen molar-refractivity contribution in [1.29, 1.82) is 0 Å². The van der Waals surface area contributed by atoms with Crippen molar-refractivity contribution in [2.24, 2.45) is 5.92 Å². The van der Waals surface area contributed by atoms with Crippen LogP contribution in [0.1, 0.15) is 32.8 Å². The van der Waals surface area contributed by atoms with E-state index in [1.165, 1.54) is 0 Å². The summed E-state index contributed by atoms with van der Waals surface area (Å²) in [7, 11) is 0. The average Bonchev–Trinajstić information content (AvgIpc) is 2.34. The molecule has 2 heteroatoms. The minimum absolute atomic E-state index is 0.141. The molecule has 1 unspecified atom stereocenters. The molecule has 0 saturated heterocycles. The molecule has 0 saturated carbocycles. The van der Waals surface area contributed by atoms with Crippen LogP contribution in [0, 0.1) is 5.92 Å². The summed E-state index contributed by atoms with van der Waals surface area (Å²) in [5, 5.41) is 0. The van der Waals surface area contributed by atoms with Crippen molar-refractivity contribution in [2.75, 3.05) is 6.61 Å². The van der Waals surface area contributed by atoms with Crippen molar-refractivity contribution in [3.05, 3.63) is 42.2 Å². The Hall–Kier alpha value is -1.28. The van der Waals surface area contributed by atoms with E-state index in [9.17, 15) is 0 Å². The van der Waals surface area contributed by atoms with Gasteiger partial charge in [0.15, 0.2) is 6.29 Å². The quantitative estimate of drug-likeness (QED) is 0.522. The lowest BCUT2D eigenvalue weighted by molar-refractivity contribution is -0.114. The van der Waals surface area contributed by atoms with E-state index in [0.29, 0.717) is 5.92 Å². The first kappa shape index (κ1) is 13.8. The summed E-state index contributed by atoms with van der Waals surface area (Å²) < 4.78 is 11.2. The number of rotatable bonds is 7. The minimum atomic E-state index is -0.141. The first-order valence-corrected chi connectivity index (χ1v) is 6.21. The molecular formula is C15H22O2. The maximum Gasteiger partial charge on any atom is 0.198 e. The highest BCUT2D eigenvalue weighted by Gasteiger charge is 2.05. The summed E-state index contributed by atoms with van der Waals surface area (Å²) >= 11 is 0. The maximum atomic E-state index is 5.62. The van der Waals surface area contributed by atoms with Crippen LogP contribution in [0.3, 0.4) is 0 Å². The zero-order valence-electron chi connectivity index (χ0n) is 10.9. The molecule has 1 aromatic rings. The third kappa shape index (κ3) is 6.12. The fraction of sp³-hybridized carbons (Fsp3) is 0.467. The van der Waals surface area contributed by atoms with E-state index in [-0.39, 0.29) is 6.29 Å². The van der Waals surface area contributed by atoms with Crippen molar-refractivity contribution >= 4 is 6.08 Å². The molecule has 0 heterocycles. The van der Waals surface area contributed by atoms with Crippen LogP contribution in [-0.4, -0.2) is 12.9 Å². The second-order valence-electron chi connectivity index (χ2n) is 4.41. The molecule has 2 nitrogen and oxygen atoms in total. The van der Waals surface area contributed by atoms with Gasteiger partial charge >= 0.3 is 0 Å². The monoisotopic (exact) mass is 234 g/mol. The summed E-state index contributed by atoms with van der Waals surface area (Å²) in [4.78, 5) is 0. The van der Waals surface area contributed by atoms with E-state index in [1.807, 2.05) is 36.4 Å². The predicted octanol–water partition coefficient (Wildman–Crippen LogP) is 4.08. The number of benzene rings is 1. The van der Waals surface area contributed by atoms with E-state index in [4.69, 9.17) is 9.47 Å². The van der Waals surface area contributed by atoms with Crippen molar-refractivity contribution in [1.82, 2.24) is 0 Å². The third-order valence-electron chi connectivity index (χ3n) is 2.24. The molecule has 0 amide bonds. The molecule has 0 aliphatic heterocycles. The molecule has 1 rings (SSSR count). The van der Waals surface area contributed by atoms with Crippen molar-refractivity contribution in [3.8, 4) is 0 Å². The van der Waals surface area contributed by atoms with Crippen molar-refractivity contribution < 1.29 is 9.47 Å². The SMILES string of the molecule is CCC(OC=Cc1ccccc1)OCC(C)C. The molecule has 0 fully saturated rings. The van der Waals surface area contributed by atoms with E-state index in [0.717, 1.165) is 18.6 Å². The Bertz CT molecular complexity index is 317. The van der Waals surface area contributed by atoms with Crippen LogP contribution in [0.5, 0.6) is 0 Å². The lowest BCUT2D eigenvalue weighted by Crippen LogP contribution is -2.16. The molecule has 0 N–H and O–H groups in total. The zero-order valence-corrected chi connectivity index (χ0v) is 10.9. The highest BCUT2D eigenvalue weighted by atomic mass is 16.7. The van der Waals surface area contributed by atoms with Crippen LogP contribution in [0.4, 0.5) is 0 Å². The van der Waals surface area contributed by atoms with Gasteiger partial charge in [0.05, 0.1) is 12.9 Å². The van der Waals surface area contributed by atoms with Gasteiger partial charge in [0.2, 0.25) is 0 Å². The van der Waals surface area contributed by atoms with Gasteiger partial charge in [-0.1, -0.05) is 51.1 Å². The molecule has 17 heavy (non-hydrogen) atoms. The largest absolute Gasteiger partial charge is 0.473 e. The van der Waals surface area contributed by atoms with Crippen molar-refractivity contribution in [3.63, 3.8) is 0 Å². The predicted molar refractivity (Wildman–Crippen MR) is 71.4 cm³/mol. The molecule has 94 valence electrons. The molecule has 0 bridgehead atoms. The average molecular weight is 234 g/mol. The van der Waals surface area contributed by atoms with Gasteiger partial charge in [-0.3, -0.25) is 0 Å². The molecule has 0 aliphatic carbocycles. The second-order valence-corrected chi connectivity index (χ2v) is 4.41. The van der Waals surface area contributed by atoms with Gasteiger partial charge in [-0.25, -0.2) is 0 Å². The summed E-state index contributed by atoms with van der Waals surface area (Å²) in [5.74, 6) is 0.533. The van der Waals surface area contributed by atoms with Gasteiger partial charge in [-0.2, -0.15) is 0 Å². The van der Waals surface area contributed by atoms with Gasteiger partial charge in [0, 0.05) is 6.42 Å². The lowest BCUT2D eigenvalue weighted by Gasteiger charge is -2.16. The first-order chi connectivity index (χ1) is 8.22. The highest BCUT2D eigenvalue weighted by molar-refractivity contribution is 5.47. The zero-order chi connectivity index (χ0) is 12.5. The van der Waals surface area contributed by atoms with Gasteiger partial charge in [-0.15, -0.1) is 0 Å². The Morgan fingerprint density at radius 3 is 2.47 bits per heavy atom. The molecule has 1 atom stereocenters. The number of ether oxygens (including phenoxy) is 2. The third-order valence-corrected chi connectivity index (χ3v) is 2.24. The van der Waals surface area contributed by atoms with E-state index in [2.05, 4.69) is 20.8 Å². The molecular weight excluding hydrogens is 212 g/mol. The highest BCUT2D eigenvalue weighted by Crippen LogP contribution is 2.06. The van der Waals surface area contributed by atoms with Crippen LogP contribution in [-0.2, 0) is 9.47 Å². The fourth-order valence-electron chi connectivity index (χ4n) is 1.32. The Labute approximate surface area is 104 Å². The number of hydrogen-bond donors (Lipinski definition) is 0. The second kappa shape index (κ2) is 7.91. The Balaban J connectivity index is 2.34. The van der Waals surface area contributed by atoms with Gasteiger partial charge in [0.25, 0.3) is 0 Å². The smallest absolute Gasteiger partial charge is 0.198 e. The molecule has 0 aromatic heterocycles. The standard InChI is InChI=1S/C15H22O2/c1-4-15(17-12-13(2)3)16-11-10-14-8-6-5-7-9-14/h5-11,13,15H,4,12H2,1-3H3. The van der Waals surface area contributed by atoms with Crippen LogP contribution in [0.15, 0.2) is 36.6 Å². The Morgan fingerprint density at radius 1 is 1.18 bits per heavy atom. The van der Waals surface area contributed by atoms with Crippen LogP contribution in [0.25, 0.3) is 6.08 Å². The summed E-state index contributed by atoms with van der Waals surface area (Å²) in [6.45, 7) is 7.05. The Kier molecular flexibility index (Phi) is 6.41. The normalized spacial score (nSPS) is 13.2. The molecule has 0 spiro atoms. The van der Waals surface area contributed by atoms with E-state index >= 15 is 0 Å². The summed E-state index contributed by atoms with van der Waals surface area (Å²) in [6, 6.07) is 10.1. The van der Waals surface area contributed by atoms with Gasteiger partial charge < -0.3 is 9.47 Å². The van der Waals surface area contributed by atoms with Crippen LogP contribution >= 0.6 is 0 Å². The van der Waals surface area contributed by atoms with Gasteiger partial charge in [0.1, 0.15) is 0 Å². The first-order valence-electron chi connectivity index (χ1n) is 6.21. The lowest BCUT2D eigenvalue weighted by atomic mass is 10.2. The topological polar surface area (TPSA) is 18.5 Å². The van der Waals surface area contributed by atoms with Crippen molar-refractivity contribution in [2.45, 2.75) is 33.5 Å². The molecule has 0 radical (unpaired) electrons. The Morgan fingerprint density at radius 2 is 1.88 bits per heavy atom. The van der Waals surface area contributed by atoms with E-state index < -0.39 is 0 Å². The molecule has 0 aliphatic rings. The maximum absolute atomic E-state index is 5.62. The minimum Gasteiger partial charge on any atom is -0.473 e. The summed E-state index contributed by atoms with van der Waals surface area (Å²) in [5.41, 5.74) is 1.13. The van der Waals surface area contributed by atoms with Crippen LogP contribution in [0.2, 0.25) is 0 Å². The van der Waals surface area contributed by atoms with Crippen LogP contribution < -0.4 is 0 Å².